The van der Waals surface area contributed by atoms with Crippen LogP contribution in [0.4, 0.5) is 0 Å². The molecule has 1 heterocycles. The topological polar surface area (TPSA) is 72.5 Å². The van der Waals surface area contributed by atoms with Gasteiger partial charge < -0.3 is 10.1 Å². The molecule has 1 amide bonds. The molecule has 0 aliphatic carbocycles. The zero-order valence-electron chi connectivity index (χ0n) is 13.0. The average Bonchev–Trinajstić information content (AvgIpc) is 2.86. The lowest BCUT2D eigenvalue weighted by Crippen LogP contribution is -2.37. The largest absolute Gasteiger partial charge is 0.464 e. The first-order valence-electron chi connectivity index (χ1n) is 8.11. The number of rotatable bonds is 11. The normalized spacial score (nSPS) is 17.6. The Hall–Kier alpha value is -1.39. The summed E-state index contributed by atoms with van der Waals surface area (Å²) >= 11 is 0. The average molecular weight is 297 g/mol. The predicted molar refractivity (Wildman–Crippen MR) is 79.7 cm³/mol. The minimum absolute atomic E-state index is 0.134. The van der Waals surface area contributed by atoms with Crippen LogP contribution in [0, 0.1) is 0 Å². The molecule has 0 unspecified atom stereocenters. The van der Waals surface area contributed by atoms with Crippen molar-refractivity contribution >= 4 is 17.7 Å². The first-order valence-corrected chi connectivity index (χ1v) is 8.11. The van der Waals surface area contributed by atoms with E-state index in [4.69, 9.17) is 4.74 Å². The molecule has 0 saturated carbocycles. The van der Waals surface area contributed by atoms with Gasteiger partial charge in [-0.05, 0) is 6.42 Å². The van der Waals surface area contributed by atoms with Crippen LogP contribution in [-0.2, 0) is 19.1 Å². The number of ketones is 1. The van der Waals surface area contributed by atoms with E-state index < -0.39 is 6.04 Å². The molecule has 21 heavy (non-hydrogen) atoms. The quantitative estimate of drug-likeness (QED) is 0.470. The van der Waals surface area contributed by atoms with E-state index in [-0.39, 0.29) is 30.5 Å². The number of ether oxygens (including phenoxy) is 1. The molecule has 0 aromatic carbocycles. The fourth-order valence-corrected chi connectivity index (χ4v) is 2.37. The van der Waals surface area contributed by atoms with Crippen molar-refractivity contribution < 1.29 is 19.1 Å². The van der Waals surface area contributed by atoms with Crippen molar-refractivity contribution in [2.75, 3.05) is 6.61 Å². The van der Waals surface area contributed by atoms with Crippen LogP contribution >= 0.6 is 0 Å². The second kappa shape index (κ2) is 10.4. The molecule has 1 rings (SSSR count). The van der Waals surface area contributed by atoms with Crippen molar-refractivity contribution in [1.82, 2.24) is 5.32 Å². The fourth-order valence-electron chi connectivity index (χ4n) is 2.37. The number of amides is 1. The smallest absolute Gasteiger partial charge is 0.328 e. The maximum absolute atomic E-state index is 11.7. The van der Waals surface area contributed by atoms with Crippen molar-refractivity contribution in [3.63, 3.8) is 0 Å². The Balaban J connectivity index is 2.01. The number of nitrogens with one attached hydrogen (secondary N) is 1. The zero-order valence-corrected chi connectivity index (χ0v) is 13.0. The Morgan fingerprint density at radius 1 is 1.10 bits per heavy atom. The summed E-state index contributed by atoms with van der Waals surface area (Å²) in [5.74, 6) is -0.480. The van der Waals surface area contributed by atoms with Gasteiger partial charge in [-0.15, -0.1) is 0 Å². The minimum Gasteiger partial charge on any atom is -0.464 e. The molecule has 120 valence electrons. The van der Waals surface area contributed by atoms with E-state index in [0.717, 1.165) is 12.8 Å². The number of esters is 1. The first kappa shape index (κ1) is 17.7. The van der Waals surface area contributed by atoms with Crippen molar-refractivity contribution in [3.8, 4) is 0 Å². The molecule has 5 heteroatoms. The van der Waals surface area contributed by atoms with Crippen molar-refractivity contribution in [2.24, 2.45) is 0 Å². The minimum atomic E-state index is -0.522. The van der Waals surface area contributed by atoms with Crippen LogP contribution in [0.2, 0.25) is 0 Å². The summed E-state index contributed by atoms with van der Waals surface area (Å²) in [5, 5.41) is 2.61. The van der Waals surface area contributed by atoms with Gasteiger partial charge in [0, 0.05) is 25.7 Å². The van der Waals surface area contributed by atoms with Crippen LogP contribution in [0.1, 0.15) is 71.1 Å². The number of carbonyl (C=O) groups is 3. The molecule has 1 aliphatic heterocycles. The van der Waals surface area contributed by atoms with E-state index >= 15 is 0 Å². The highest BCUT2D eigenvalue weighted by Crippen LogP contribution is 2.09. The lowest BCUT2D eigenvalue weighted by atomic mass is 10.1. The second-order valence-electron chi connectivity index (χ2n) is 5.63. The molecule has 0 radical (unpaired) electrons. The summed E-state index contributed by atoms with van der Waals surface area (Å²) in [6, 6.07) is -0.522. The number of hydrogen-bond acceptors (Lipinski definition) is 4. The van der Waals surface area contributed by atoms with Crippen LogP contribution in [0.25, 0.3) is 0 Å². The summed E-state index contributed by atoms with van der Waals surface area (Å²) in [6.45, 7) is 2.54. The molecule has 5 nitrogen and oxygen atoms in total. The number of cyclic esters (lactones) is 1. The molecule has 0 spiro atoms. The molecule has 0 bridgehead atoms. The summed E-state index contributed by atoms with van der Waals surface area (Å²) in [7, 11) is 0. The number of unbranched alkanes of at least 4 members (excludes halogenated alkanes) is 5. The van der Waals surface area contributed by atoms with Crippen molar-refractivity contribution in [1.29, 1.82) is 0 Å². The van der Waals surface area contributed by atoms with Crippen LogP contribution < -0.4 is 5.32 Å². The highest BCUT2D eigenvalue weighted by Gasteiger charge is 2.27. The van der Waals surface area contributed by atoms with Gasteiger partial charge in [-0.1, -0.05) is 39.0 Å². The van der Waals surface area contributed by atoms with Crippen LogP contribution in [-0.4, -0.2) is 30.3 Å². The molecular formula is C16H27NO4. The Kier molecular flexibility index (Phi) is 8.71. The third-order valence-corrected chi connectivity index (χ3v) is 3.71. The molecule has 1 saturated heterocycles. The lowest BCUT2D eigenvalue weighted by molar-refractivity contribution is -0.141. The van der Waals surface area contributed by atoms with Crippen LogP contribution in [0.5, 0.6) is 0 Å². The Labute approximate surface area is 126 Å². The van der Waals surface area contributed by atoms with Gasteiger partial charge in [0.1, 0.15) is 11.8 Å². The molecule has 0 aromatic rings. The van der Waals surface area contributed by atoms with Gasteiger partial charge >= 0.3 is 5.97 Å². The summed E-state index contributed by atoms with van der Waals surface area (Å²) in [5.41, 5.74) is 0. The van der Waals surface area contributed by atoms with Crippen LogP contribution in [0.3, 0.4) is 0 Å². The van der Waals surface area contributed by atoms with Gasteiger partial charge in [-0.3, -0.25) is 9.59 Å². The Bertz CT molecular complexity index is 354. The number of Topliss-reactive ketones (excluding diaryl/α,β-unsaturated/α-hetero) is 1. The molecule has 0 aromatic heterocycles. The van der Waals surface area contributed by atoms with Gasteiger partial charge in [0.05, 0.1) is 6.61 Å². The van der Waals surface area contributed by atoms with Gasteiger partial charge in [0.25, 0.3) is 0 Å². The van der Waals surface area contributed by atoms with Crippen molar-refractivity contribution in [3.05, 3.63) is 0 Å². The van der Waals surface area contributed by atoms with Crippen molar-refractivity contribution in [2.45, 2.75) is 77.2 Å². The number of hydrogen-bond donors (Lipinski definition) is 1. The third-order valence-electron chi connectivity index (χ3n) is 3.71. The molecule has 1 atom stereocenters. The standard InChI is InChI=1S/C16H27NO4/c1-2-3-4-5-6-7-8-13(18)9-10-15(19)17-14-11-12-21-16(14)20/h14H,2-12H2,1H3,(H,17,19)/t14-/m0/s1. The summed E-state index contributed by atoms with van der Waals surface area (Å²) in [4.78, 5) is 34.5. The predicted octanol–water partition coefficient (Wildman–Crippen LogP) is 2.52. The monoisotopic (exact) mass is 297 g/mol. The third kappa shape index (κ3) is 7.83. The van der Waals surface area contributed by atoms with E-state index in [9.17, 15) is 14.4 Å². The lowest BCUT2D eigenvalue weighted by Gasteiger charge is -2.08. The van der Waals surface area contributed by atoms with E-state index in [1.165, 1.54) is 25.7 Å². The highest BCUT2D eigenvalue weighted by molar-refractivity contribution is 5.88. The van der Waals surface area contributed by atoms with Gasteiger partial charge in [-0.25, -0.2) is 4.79 Å². The van der Waals surface area contributed by atoms with Crippen LogP contribution in [0.15, 0.2) is 0 Å². The molecule has 1 N–H and O–H groups in total. The zero-order chi connectivity index (χ0) is 15.5. The molecular weight excluding hydrogens is 270 g/mol. The van der Waals surface area contributed by atoms with E-state index in [1.54, 1.807) is 0 Å². The SMILES string of the molecule is CCCCCCCCC(=O)CCC(=O)N[C@H]1CCOC1=O. The Morgan fingerprint density at radius 3 is 2.48 bits per heavy atom. The maximum Gasteiger partial charge on any atom is 0.328 e. The first-order chi connectivity index (χ1) is 10.1. The summed E-state index contributed by atoms with van der Waals surface area (Å²) in [6.07, 6.45) is 8.43. The highest BCUT2D eigenvalue weighted by atomic mass is 16.5. The fraction of sp³-hybridized carbons (Fsp3) is 0.812. The van der Waals surface area contributed by atoms with E-state index in [2.05, 4.69) is 12.2 Å². The van der Waals surface area contributed by atoms with Gasteiger partial charge in [0.15, 0.2) is 0 Å². The summed E-state index contributed by atoms with van der Waals surface area (Å²) < 4.78 is 4.76. The molecule has 1 aliphatic rings. The number of carbonyl (C=O) groups excluding carboxylic acids is 3. The van der Waals surface area contributed by atoms with E-state index in [0.29, 0.717) is 19.4 Å². The van der Waals surface area contributed by atoms with E-state index in [1.807, 2.05) is 0 Å². The van der Waals surface area contributed by atoms with Gasteiger partial charge in [-0.2, -0.15) is 0 Å². The van der Waals surface area contributed by atoms with Gasteiger partial charge in [0.2, 0.25) is 5.91 Å². The molecule has 1 fully saturated rings. The Morgan fingerprint density at radius 2 is 1.81 bits per heavy atom. The second-order valence-corrected chi connectivity index (χ2v) is 5.63. The maximum atomic E-state index is 11.7.